The molecule has 1 N–H and O–H groups in total. The molecular formula is C14H29ClN2. The Bertz CT molecular complexity index is 216. The third kappa shape index (κ3) is 4.42. The Hall–Kier alpha value is 0.210. The second kappa shape index (κ2) is 6.96. The summed E-state index contributed by atoms with van der Waals surface area (Å²) in [5.74, 6) is 0.959. The Morgan fingerprint density at radius 2 is 2.00 bits per heavy atom. The molecule has 2 rings (SSSR count). The van der Waals surface area contributed by atoms with Crippen LogP contribution in [0.15, 0.2) is 0 Å². The molecule has 1 atom stereocenters. The molecule has 2 aliphatic rings. The zero-order chi connectivity index (χ0) is 11.4. The number of halogens is 1. The molecule has 2 aliphatic heterocycles. The average molecular weight is 261 g/mol. The van der Waals surface area contributed by atoms with E-state index in [1.54, 1.807) is 0 Å². The highest BCUT2D eigenvalue weighted by molar-refractivity contribution is 5.85. The molecule has 0 aliphatic carbocycles. The van der Waals surface area contributed by atoms with Gasteiger partial charge in [-0.15, -0.1) is 12.4 Å². The van der Waals surface area contributed by atoms with E-state index in [-0.39, 0.29) is 12.4 Å². The van der Waals surface area contributed by atoms with Crippen LogP contribution in [-0.4, -0.2) is 37.6 Å². The van der Waals surface area contributed by atoms with Gasteiger partial charge < -0.3 is 10.2 Å². The fourth-order valence-electron chi connectivity index (χ4n) is 3.30. The standard InChI is InChI=1S/C14H28N2.ClH/c1-3-14(2)7-4-10-16(12-14)11-13-5-8-15-9-6-13;/h13,15H,3-12H2,1-2H3;1H. The monoisotopic (exact) mass is 260 g/mol. The maximum atomic E-state index is 3.46. The van der Waals surface area contributed by atoms with Crippen molar-refractivity contribution in [2.75, 3.05) is 32.7 Å². The molecule has 0 aromatic carbocycles. The molecular weight excluding hydrogens is 232 g/mol. The Labute approximate surface area is 113 Å². The molecule has 0 aromatic heterocycles. The van der Waals surface area contributed by atoms with E-state index in [4.69, 9.17) is 0 Å². The van der Waals surface area contributed by atoms with Gasteiger partial charge in [-0.25, -0.2) is 0 Å². The lowest BCUT2D eigenvalue weighted by Crippen LogP contribution is -2.44. The lowest BCUT2D eigenvalue weighted by molar-refractivity contribution is 0.0805. The van der Waals surface area contributed by atoms with Crippen LogP contribution in [0.2, 0.25) is 0 Å². The maximum Gasteiger partial charge on any atom is 0.00353 e. The van der Waals surface area contributed by atoms with E-state index in [0.717, 1.165) is 5.92 Å². The summed E-state index contributed by atoms with van der Waals surface area (Å²) in [5.41, 5.74) is 0.602. The lowest BCUT2D eigenvalue weighted by atomic mass is 9.79. The normalized spacial score (nSPS) is 32.1. The lowest BCUT2D eigenvalue weighted by Gasteiger charge is -2.42. The molecule has 102 valence electrons. The molecule has 0 saturated carbocycles. The molecule has 0 amide bonds. The third-order valence-electron chi connectivity index (χ3n) is 4.69. The first kappa shape index (κ1) is 15.3. The summed E-state index contributed by atoms with van der Waals surface area (Å²) < 4.78 is 0. The first-order valence-corrected chi connectivity index (χ1v) is 7.15. The molecule has 2 heterocycles. The number of piperidine rings is 2. The first-order valence-electron chi connectivity index (χ1n) is 7.15. The van der Waals surface area contributed by atoms with Gasteiger partial charge in [-0.3, -0.25) is 0 Å². The van der Waals surface area contributed by atoms with Crippen molar-refractivity contribution in [3.8, 4) is 0 Å². The molecule has 0 bridgehead atoms. The molecule has 3 heteroatoms. The predicted octanol–water partition coefficient (Wildman–Crippen LogP) is 2.92. The second-order valence-corrected chi connectivity index (χ2v) is 6.20. The maximum absolute atomic E-state index is 3.46. The van der Waals surface area contributed by atoms with Crippen molar-refractivity contribution in [3.05, 3.63) is 0 Å². The van der Waals surface area contributed by atoms with Crippen LogP contribution in [0.25, 0.3) is 0 Å². The van der Waals surface area contributed by atoms with E-state index in [2.05, 4.69) is 24.1 Å². The molecule has 17 heavy (non-hydrogen) atoms. The summed E-state index contributed by atoms with van der Waals surface area (Å²) in [6.07, 6.45) is 6.97. The van der Waals surface area contributed by atoms with E-state index in [1.165, 1.54) is 64.8 Å². The van der Waals surface area contributed by atoms with E-state index < -0.39 is 0 Å². The molecule has 2 nitrogen and oxygen atoms in total. The Kier molecular flexibility index (Phi) is 6.25. The number of hydrogen-bond donors (Lipinski definition) is 1. The van der Waals surface area contributed by atoms with Crippen LogP contribution in [0, 0.1) is 11.3 Å². The van der Waals surface area contributed by atoms with Gasteiger partial charge in [0.15, 0.2) is 0 Å². The highest BCUT2D eigenvalue weighted by Gasteiger charge is 2.30. The molecule has 2 saturated heterocycles. The van der Waals surface area contributed by atoms with Crippen LogP contribution >= 0.6 is 12.4 Å². The quantitative estimate of drug-likeness (QED) is 0.840. The molecule has 0 radical (unpaired) electrons. The SMILES string of the molecule is CCC1(C)CCCN(CC2CCNCC2)C1.Cl. The van der Waals surface area contributed by atoms with Gasteiger partial charge in [-0.05, 0) is 63.1 Å². The smallest absolute Gasteiger partial charge is 0.00353 e. The highest BCUT2D eigenvalue weighted by atomic mass is 35.5. The highest BCUT2D eigenvalue weighted by Crippen LogP contribution is 2.33. The molecule has 0 spiro atoms. The van der Waals surface area contributed by atoms with Gasteiger partial charge in [0.1, 0.15) is 0 Å². The Morgan fingerprint density at radius 1 is 1.29 bits per heavy atom. The predicted molar refractivity (Wildman–Crippen MR) is 76.9 cm³/mol. The van der Waals surface area contributed by atoms with Crippen LogP contribution in [0.3, 0.4) is 0 Å². The van der Waals surface area contributed by atoms with Crippen molar-refractivity contribution in [2.24, 2.45) is 11.3 Å². The topological polar surface area (TPSA) is 15.3 Å². The van der Waals surface area contributed by atoms with Crippen LogP contribution in [0.5, 0.6) is 0 Å². The fourth-order valence-corrected chi connectivity index (χ4v) is 3.30. The van der Waals surface area contributed by atoms with Crippen molar-refractivity contribution >= 4 is 12.4 Å². The Morgan fingerprint density at radius 3 is 2.65 bits per heavy atom. The number of likely N-dealkylation sites (tertiary alicyclic amines) is 1. The zero-order valence-electron chi connectivity index (χ0n) is 11.5. The number of nitrogens with one attached hydrogen (secondary N) is 1. The molecule has 2 fully saturated rings. The zero-order valence-corrected chi connectivity index (χ0v) is 12.3. The van der Waals surface area contributed by atoms with E-state index >= 15 is 0 Å². The van der Waals surface area contributed by atoms with Gasteiger partial charge in [0.25, 0.3) is 0 Å². The summed E-state index contributed by atoms with van der Waals surface area (Å²) in [4.78, 5) is 2.74. The summed E-state index contributed by atoms with van der Waals surface area (Å²) in [6.45, 7) is 11.4. The van der Waals surface area contributed by atoms with E-state index in [0.29, 0.717) is 5.41 Å². The van der Waals surface area contributed by atoms with Gasteiger partial charge in [0, 0.05) is 13.1 Å². The minimum atomic E-state index is 0. The van der Waals surface area contributed by atoms with Gasteiger partial charge in [-0.2, -0.15) is 0 Å². The van der Waals surface area contributed by atoms with Crippen LogP contribution in [0.4, 0.5) is 0 Å². The third-order valence-corrected chi connectivity index (χ3v) is 4.69. The van der Waals surface area contributed by atoms with Crippen molar-refractivity contribution in [1.29, 1.82) is 0 Å². The number of rotatable bonds is 3. The van der Waals surface area contributed by atoms with Gasteiger partial charge in [-0.1, -0.05) is 13.8 Å². The van der Waals surface area contributed by atoms with Crippen LogP contribution < -0.4 is 5.32 Å². The number of nitrogens with zero attached hydrogens (tertiary/aromatic N) is 1. The molecule has 1 unspecified atom stereocenters. The fraction of sp³-hybridized carbons (Fsp3) is 1.00. The van der Waals surface area contributed by atoms with Crippen molar-refractivity contribution in [1.82, 2.24) is 10.2 Å². The summed E-state index contributed by atoms with van der Waals surface area (Å²) in [7, 11) is 0. The van der Waals surface area contributed by atoms with E-state index in [9.17, 15) is 0 Å². The second-order valence-electron chi connectivity index (χ2n) is 6.20. The summed E-state index contributed by atoms with van der Waals surface area (Å²) in [6, 6.07) is 0. The van der Waals surface area contributed by atoms with Gasteiger partial charge in [0.2, 0.25) is 0 Å². The number of hydrogen-bond acceptors (Lipinski definition) is 2. The summed E-state index contributed by atoms with van der Waals surface area (Å²) in [5, 5.41) is 3.46. The summed E-state index contributed by atoms with van der Waals surface area (Å²) >= 11 is 0. The average Bonchev–Trinajstić information content (AvgIpc) is 2.30. The first-order chi connectivity index (χ1) is 7.72. The van der Waals surface area contributed by atoms with Gasteiger partial charge >= 0.3 is 0 Å². The van der Waals surface area contributed by atoms with Crippen molar-refractivity contribution in [3.63, 3.8) is 0 Å². The van der Waals surface area contributed by atoms with Crippen molar-refractivity contribution in [2.45, 2.75) is 46.0 Å². The Balaban J connectivity index is 0.00000144. The van der Waals surface area contributed by atoms with Crippen LogP contribution in [0.1, 0.15) is 46.0 Å². The minimum Gasteiger partial charge on any atom is -0.317 e. The molecule has 0 aromatic rings. The van der Waals surface area contributed by atoms with Gasteiger partial charge in [0.05, 0.1) is 0 Å². The van der Waals surface area contributed by atoms with E-state index in [1.807, 2.05) is 0 Å². The minimum absolute atomic E-state index is 0. The van der Waals surface area contributed by atoms with Crippen molar-refractivity contribution < 1.29 is 0 Å². The largest absolute Gasteiger partial charge is 0.317 e. The van der Waals surface area contributed by atoms with Crippen LogP contribution in [-0.2, 0) is 0 Å².